The molecule has 0 aromatic rings. The summed E-state index contributed by atoms with van der Waals surface area (Å²) in [4.78, 5) is 11.9. The Hall–Kier alpha value is -1.09. The van der Waals surface area contributed by atoms with Gasteiger partial charge >= 0.3 is 5.97 Å². The minimum Gasteiger partial charge on any atom is -0.435 e. The third kappa shape index (κ3) is 2.44. The van der Waals surface area contributed by atoms with Crippen molar-refractivity contribution in [3.63, 3.8) is 0 Å². The first-order chi connectivity index (χ1) is 10.3. The van der Waals surface area contributed by atoms with Gasteiger partial charge in [-0.25, -0.2) is 0 Å². The van der Waals surface area contributed by atoms with Crippen LogP contribution in [0.2, 0.25) is 0 Å². The van der Waals surface area contributed by atoms with Crippen LogP contribution in [0.3, 0.4) is 0 Å². The van der Waals surface area contributed by atoms with Gasteiger partial charge in [0, 0.05) is 0 Å². The monoisotopic (exact) mass is 304 g/mol. The molecule has 3 rings (SSSR count). The van der Waals surface area contributed by atoms with E-state index < -0.39 is 6.29 Å². The molecule has 0 amide bonds. The molecule has 3 nitrogen and oxygen atoms in total. The lowest BCUT2D eigenvalue weighted by Gasteiger charge is -2.47. The quantitative estimate of drug-likeness (QED) is 0.745. The van der Waals surface area contributed by atoms with Crippen LogP contribution in [-0.2, 0) is 9.53 Å². The van der Waals surface area contributed by atoms with Crippen molar-refractivity contribution in [3.8, 4) is 0 Å². The Morgan fingerprint density at radius 2 is 2.05 bits per heavy atom. The molecule has 0 aromatic heterocycles. The molecule has 3 aliphatic rings. The van der Waals surface area contributed by atoms with E-state index in [0.29, 0.717) is 11.8 Å². The van der Waals surface area contributed by atoms with E-state index in [1.807, 2.05) is 6.92 Å². The van der Waals surface area contributed by atoms with E-state index in [1.54, 1.807) is 0 Å². The van der Waals surface area contributed by atoms with Gasteiger partial charge in [0.05, 0.1) is 11.8 Å². The highest BCUT2D eigenvalue weighted by Gasteiger charge is 2.51. The normalized spacial score (nSPS) is 42.8. The van der Waals surface area contributed by atoms with E-state index in [0.717, 1.165) is 12.0 Å². The SMILES string of the molecule is CC=C1C(C2(C)CCCC(C)(C)C2)=CCC2C(=O)OC(O)C12. The Morgan fingerprint density at radius 3 is 2.68 bits per heavy atom. The number of carbonyl (C=O) groups is 1. The average Bonchev–Trinajstić information content (AvgIpc) is 2.72. The molecule has 1 aliphatic heterocycles. The predicted octanol–water partition coefficient (Wildman–Crippen LogP) is 3.98. The summed E-state index contributed by atoms with van der Waals surface area (Å²) in [6.45, 7) is 9.07. The second-order valence-electron chi connectivity index (χ2n) is 8.31. The number of allylic oxidation sites excluding steroid dienone is 3. The van der Waals surface area contributed by atoms with Gasteiger partial charge in [-0.05, 0) is 54.6 Å². The summed E-state index contributed by atoms with van der Waals surface area (Å²) in [5.41, 5.74) is 2.97. The van der Waals surface area contributed by atoms with Crippen molar-refractivity contribution < 1.29 is 14.6 Å². The second kappa shape index (κ2) is 5.23. The van der Waals surface area contributed by atoms with Crippen molar-refractivity contribution in [2.45, 2.75) is 66.1 Å². The Morgan fingerprint density at radius 1 is 1.32 bits per heavy atom. The Kier molecular flexibility index (Phi) is 3.75. The van der Waals surface area contributed by atoms with Crippen molar-refractivity contribution in [2.24, 2.45) is 22.7 Å². The molecule has 4 unspecified atom stereocenters. The van der Waals surface area contributed by atoms with Crippen LogP contribution in [0.5, 0.6) is 0 Å². The van der Waals surface area contributed by atoms with Gasteiger partial charge in [0.25, 0.3) is 0 Å². The summed E-state index contributed by atoms with van der Waals surface area (Å²) < 4.78 is 5.09. The largest absolute Gasteiger partial charge is 0.435 e. The Bertz CT molecular complexity index is 543. The molecule has 1 N–H and O–H groups in total. The predicted molar refractivity (Wildman–Crippen MR) is 85.9 cm³/mol. The number of ether oxygens (including phenoxy) is 1. The first-order valence-corrected chi connectivity index (χ1v) is 8.53. The summed E-state index contributed by atoms with van der Waals surface area (Å²) in [7, 11) is 0. The molecule has 122 valence electrons. The first kappa shape index (κ1) is 15.8. The fourth-order valence-corrected chi connectivity index (χ4v) is 5.14. The topological polar surface area (TPSA) is 46.5 Å². The van der Waals surface area contributed by atoms with E-state index in [2.05, 4.69) is 32.9 Å². The highest BCUT2D eigenvalue weighted by Crippen LogP contribution is 2.55. The van der Waals surface area contributed by atoms with Gasteiger partial charge in [0.2, 0.25) is 6.29 Å². The molecule has 1 heterocycles. The Labute approximate surface area is 133 Å². The van der Waals surface area contributed by atoms with Crippen LogP contribution in [-0.4, -0.2) is 17.4 Å². The lowest BCUT2D eigenvalue weighted by atomic mass is 9.57. The molecule has 3 heteroatoms. The highest BCUT2D eigenvalue weighted by molar-refractivity contribution is 5.77. The summed E-state index contributed by atoms with van der Waals surface area (Å²) >= 11 is 0. The number of hydrogen-bond acceptors (Lipinski definition) is 3. The smallest absolute Gasteiger partial charge is 0.312 e. The van der Waals surface area contributed by atoms with Gasteiger partial charge in [-0.15, -0.1) is 0 Å². The average molecular weight is 304 g/mol. The number of carbonyl (C=O) groups excluding carboxylic acids is 1. The third-order valence-electron chi connectivity index (χ3n) is 5.94. The van der Waals surface area contributed by atoms with Crippen LogP contribution < -0.4 is 0 Å². The van der Waals surface area contributed by atoms with Crippen molar-refractivity contribution >= 4 is 5.97 Å². The van der Waals surface area contributed by atoms with Gasteiger partial charge in [0.1, 0.15) is 0 Å². The Balaban J connectivity index is 1.97. The maximum atomic E-state index is 11.9. The molecule has 0 spiro atoms. The third-order valence-corrected chi connectivity index (χ3v) is 5.94. The number of esters is 1. The zero-order valence-corrected chi connectivity index (χ0v) is 14.2. The molecular weight excluding hydrogens is 276 g/mol. The number of cyclic esters (lactones) is 1. The maximum Gasteiger partial charge on any atom is 0.312 e. The molecule has 22 heavy (non-hydrogen) atoms. The van der Waals surface area contributed by atoms with E-state index in [4.69, 9.17) is 4.74 Å². The second-order valence-corrected chi connectivity index (χ2v) is 8.31. The van der Waals surface area contributed by atoms with Crippen molar-refractivity contribution in [1.29, 1.82) is 0 Å². The molecule has 0 radical (unpaired) electrons. The molecule has 1 saturated heterocycles. The van der Waals surface area contributed by atoms with Gasteiger partial charge in [-0.2, -0.15) is 0 Å². The van der Waals surface area contributed by atoms with Crippen LogP contribution >= 0.6 is 0 Å². The molecule has 2 aliphatic carbocycles. The number of rotatable bonds is 1. The summed E-state index contributed by atoms with van der Waals surface area (Å²) in [5, 5.41) is 10.2. The van der Waals surface area contributed by atoms with E-state index in [1.165, 1.54) is 24.8 Å². The standard InChI is InChI=1S/C19H28O3/c1-5-12-14(19(4)10-6-9-18(2,3)11-19)8-7-13-15(12)17(21)22-16(13)20/h5,8,13,15,17,21H,6-7,9-11H2,1-4H3. The zero-order valence-electron chi connectivity index (χ0n) is 14.2. The molecule has 4 atom stereocenters. The van der Waals surface area contributed by atoms with Crippen molar-refractivity contribution in [2.75, 3.05) is 0 Å². The van der Waals surface area contributed by atoms with E-state index in [-0.39, 0.29) is 23.2 Å². The zero-order chi connectivity index (χ0) is 16.1. The molecule has 2 fully saturated rings. The maximum absolute atomic E-state index is 11.9. The van der Waals surface area contributed by atoms with Crippen LogP contribution in [0.1, 0.15) is 59.8 Å². The van der Waals surface area contributed by atoms with Crippen molar-refractivity contribution in [3.05, 3.63) is 23.3 Å². The minimum absolute atomic E-state index is 0.139. The van der Waals surface area contributed by atoms with E-state index >= 15 is 0 Å². The van der Waals surface area contributed by atoms with Crippen LogP contribution in [0.15, 0.2) is 23.3 Å². The van der Waals surface area contributed by atoms with Gasteiger partial charge in [-0.3, -0.25) is 4.79 Å². The van der Waals surface area contributed by atoms with Gasteiger partial charge in [-0.1, -0.05) is 39.3 Å². The van der Waals surface area contributed by atoms with E-state index in [9.17, 15) is 9.90 Å². The lowest BCUT2D eigenvalue weighted by Crippen LogP contribution is -2.37. The van der Waals surface area contributed by atoms with Crippen LogP contribution in [0, 0.1) is 22.7 Å². The van der Waals surface area contributed by atoms with Gasteiger partial charge < -0.3 is 9.84 Å². The number of aliphatic hydroxyl groups excluding tert-OH is 1. The van der Waals surface area contributed by atoms with Crippen molar-refractivity contribution in [1.82, 2.24) is 0 Å². The summed E-state index contributed by atoms with van der Waals surface area (Å²) in [6, 6.07) is 0. The fourth-order valence-electron chi connectivity index (χ4n) is 5.14. The summed E-state index contributed by atoms with van der Waals surface area (Å²) in [5.74, 6) is -0.634. The minimum atomic E-state index is -0.979. The first-order valence-electron chi connectivity index (χ1n) is 8.53. The number of fused-ring (bicyclic) bond motifs is 1. The highest BCUT2D eigenvalue weighted by atomic mass is 16.6. The van der Waals surface area contributed by atoms with Crippen LogP contribution in [0.25, 0.3) is 0 Å². The summed E-state index contributed by atoms with van der Waals surface area (Å²) in [6.07, 6.45) is 8.91. The number of aliphatic hydroxyl groups is 1. The number of hydrogen-bond donors (Lipinski definition) is 1. The fraction of sp³-hybridized carbons (Fsp3) is 0.737. The molecular formula is C19H28O3. The molecule has 0 aromatic carbocycles. The van der Waals surface area contributed by atoms with Crippen LogP contribution in [0.4, 0.5) is 0 Å². The molecule has 1 saturated carbocycles. The molecule has 0 bridgehead atoms. The lowest BCUT2D eigenvalue weighted by molar-refractivity contribution is -0.156. The van der Waals surface area contributed by atoms with Gasteiger partial charge in [0.15, 0.2) is 0 Å².